The molecule has 8 atom stereocenters. The molecular formula is C29H34N2O4S. The fourth-order valence-corrected chi connectivity index (χ4v) is 9.32. The van der Waals surface area contributed by atoms with Crippen LogP contribution in [0.3, 0.4) is 0 Å². The molecule has 2 aromatic rings. The lowest BCUT2D eigenvalue weighted by molar-refractivity contribution is -0.176. The van der Waals surface area contributed by atoms with Gasteiger partial charge in [-0.05, 0) is 67.7 Å². The van der Waals surface area contributed by atoms with E-state index in [0.717, 1.165) is 29.4 Å². The van der Waals surface area contributed by atoms with Crippen molar-refractivity contribution in [3.63, 3.8) is 0 Å². The number of hydrogen-bond acceptors (Lipinski definition) is 6. The Labute approximate surface area is 215 Å². The zero-order chi connectivity index (χ0) is 25.5. The van der Waals surface area contributed by atoms with Crippen molar-refractivity contribution in [1.82, 2.24) is 9.97 Å². The highest BCUT2D eigenvalue weighted by atomic mass is 32.2. The summed E-state index contributed by atoms with van der Waals surface area (Å²) in [7, 11) is 0. The van der Waals surface area contributed by atoms with Gasteiger partial charge in [-0.2, -0.15) is 0 Å². The van der Waals surface area contributed by atoms with Crippen molar-refractivity contribution in [1.29, 1.82) is 0 Å². The van der Waals surface area contributed by atoms with Crippen molar-refractivity contribution in [3.05, 3.63) is 48.1 Å². The van der Waals surface area contributed by atoms with Crippen molar-refractivity contribution >= 4 is 34.4 Å². The molecule has 4 aliphatic carbocycles. The summed E-state index contributed by atoms with van der Waals surface area (Å²) in [6.07, 6.45) is 7.19. The zero-order valence-corrected chi connectivity index (χ0v) is 21.8. The molecule has 1 heterocycles. The predicted molar refractivity (Wildman–Crippen MR) is 139 cm³/mol. The number of nitrogens with one attached hydrogen (secondary N) is 1. The third-order valence-electron chi connectivity index (χ3n) is 10.1. The molecule has 6 nitrogen and oxygen atoms in total. The van der Waals surface area contributed by atoms with Gasteiger partial charge in [0.15, 0.2) is 16.7 Å². The Balaban J connectivity index is 1.26. The van der Waals surface area contributed by atoms with Crippen molar-refractivity contribution in [2.45, 2.75) is 63.3 Å². The second kappa shape index (κ2) is 8.14. The van der Waals surface area contributed by atoms with Gasteiger partial charge in [0.1, 0.15) is 5.60 Å². The number of hydrogen-bond donors (Lipinski definition) is 3. The summed E-state index contributed by atoms with van der Waals surface area (Å²) in [5.41, 5.74) is 0.357. The number of aromatic nitrogens is 2. The minimum atomic E-state index is -1.47. The minimum Gasteiger partial charge on any atom is -0.393 e. The summed E-state index contributed by atoms with van der Waals surface area (Å²) >= 11 is 1.33. The molecule has 3 saturated carbocycles. The third kappa shape index (κ3) is 3.28. The number of ketones is 2. The number of fused-ring (bicyclic) bond motifs is 6. The molecule has 190 valence electrons. The number of carbonyl (C=O) groups excluding carboxylic acids is 2. The van der Waals surface area contributed by atoms with Crippen LogP contribution in [0.4, 0.5) is 0 Å². The topological polar surface area (TPSA) is 103 Å². The van der Waals surface area contributed by atoms with Gasteiger partial charge in [-0.3, -0.25) is 9.59 Å². The fourth-order valence-electron chi connectivity index (χ4n) is 8.46. The summed E-state index contributed by atoms with van der Waals surface area (Å²) in [4.78, 5) is 33.6. The molecular weight excluding hydrogens is 472 g/mol. The van der Waals surface area contributed by atoms with Gasteiger partial charge in [0, 0.05) is 16.7 Å². The van der Waals surface area contributed by atoms with Gasteiger partial charge in [-0.1, -0.05) is 56.3 Å². The Morgan fingerprint density at radius 2 is 2.06 bits per heavy atom. The van der Waals surface area contributed by atoms with Crippen LogP contribution in [0.15, 0.2) is 53.2 Å². The van der Waals surface area contributed by atoms with Crippen LogP contribution >= 0.6 is 11.8 Å². The van der Waals surface area contributed by atoms with Crippen LogP contribution in [-0.2, 0) is 9.59 Å². The Morgan fingerprint density at radius 1 is 1.28 bits per heavy atom. The predicted octanol–water partition coefficient (Wildman–Crippen LogP) is 4.48. The number of allylic oxidation sites excluding steroid dienone is 4. The maximum absolute atomic E-state index is 13.6. The molecule has 1 aromatic carbocycles. The van der Waals surface area contributed by atoms with E-state index < -0.39 is 17.1 Å². The zero-order valence-electron chi connectivity index (χ0n) is 21.0. The molecule has 7 heteroatoms. The van der Waals surface area contributed by atoms with E-state index >= 15 is 0 Å². The van der Waals surface area contributed by atoms with Crippen molar-refractivity contribution in [3.8, 4) is 0 Å². The SMILES string of the molecule is C[C@H]1CC2C([C@@H](O)CC3(C)C2CC[C@]3(O)C(=O)CSc2nc3ccccc3[nH]2)C2(C)C=CC(=O)C=C12. The van der Waals surface area contributed by atoms with Gasteiger partial charge in [-0.25, -0.2) is 4.98 Å². The van der Waals surface area contributed by atoms with Crippen LogP contribution in [0, 0.1) is 34.5 Å². The molecule has 0 saturated heterocycles. The monoisotopic (exact) mass is 506 g/mol. The minimum absolute atomic E-state index is 0.0192. The molecule has 0 radical (unpaired) electrons. The number of aliphatic hydroxyl groups is 2. The van der Waals surface area contributed by atoms with E-state index in [1.165, 1.54) is 11.8 Å². The lowest BCUT2D eigenvalue weighted by atomic mass is 9.45. The van der Waals surface area contributed by atoms with Crippen LogP contribution < -0.4 is 0 Å². The van der Waals surface area contributed by atoms with Gasteiger partial charge in [0.05, 0.1) is 22.9 Å². The van der Waals surface area contributed by atoms with Crippen LogP contribution in [-0.4, -0.2) is 49.2 Å². The average molecular weight is 507 g/mol. The number of H-pyrrole nitrogens is 1. The first-order valence-electron chi connectivity index (χ1n) is 13.0. The van der Waals surface area contributed by atoms with E-state index in [9.17, 15) is 19.8 Å². The lowest BCUT2D eigenvalue weighted by Gasteiger charge is -2.60. The normalized spacial score (nSPS) is 41.5. The summed E-state index contributed by atoms with van der Waals surface area (Å²) in [5.74, 6) is 0.487. The molecule has 3 fully saturated rings. The second-order valence-electron chi connectivity index (χ2n) is 11.9. The molecule has 6 rings (SSSR count). The molecule has 0 bridgehead atoms. The third-order valence-corrected chi connectivity index (χ3v) is 11.0. The standard InChI is InChI=1S/C29H34N2O4S/c1-16-12-18-19-9-11-29(35,24(34)15-36-26-30-21-6-4-5-7-22(21)31-26)28(19,3)14-23(33)25(18)27(2)10-8-17(32)13-20(16)27/h4-8,10,13,16,18-19,23,25,33,35H,9,11-12,14-15H2,1-3H3,(H,30,31)/t16-,18?,19?,23-,25?,27?,28?,29-/m0/s1. The van der Waals surface area contributed by atoms with E-state index in [4.69, 9.17) is 0 Å². The molecule has 5 unspecified atom stereocenters. The molecule has 0 spiro atoms. The maximum atomic E-state index is 13.6. The Hall–Kier alpha value is -2.22. The Bertz CT molecular complexity index is 1280. The Kier molecular flexibility index (Phi) is 5.46. The fraction of sp³-hybridized carbons (Fsp3) is 0.552. The molecule has 0 aliphatic heterocycles. The number of aromatic amines is 1. The van der Waals surface area contributed by atoms with E-state index in [0.29, 0.717) is 18.0 Å². The number of Topliss-reactive ketones (excluding diaryl/α,β-unsaturated/α-hetero) is 1. The van der Waals surface area contributed by atoms with Gasteiger partial charge < -0.3 is 15.2 Å². The lowest BCUT2D eigenvalue weighted by Crippen LogP contribution is -2.62. The van der Waals surface area contributed by atoms with E-state index in [1.54, 1.807) is 12.2 Å². The number of rotatable bonds is 4. The molecule has 0 amide bonds. The van der Waals surface area contributed by atoms with Gasteiger partial charge >= 0.3 is 0 Å². The molecule has 1 aromatic heterocycles. The highest BCUT2D eigenvalue weighted by molar-refractivity contribution is 7.99. The molecule has 4 aliphatic rings. The number of para-hydroxylation sites is 2. The number of benzene rings is 1. The largest absolute Gasteiger partial charge is 0.393 e. The number of thioether (sulfide) groups is 1. The van der Waals surface area contributed by atoms with E-state index in [1.807, 2.05) is 37.3 Å². The average Bonchev–Trinajstić information content (AvgIpc) is 3.37. The summed E-state index contributed by atoms with van der Waals surface area (Å²) < 4.78 is 0. The number of imidazole rings is 1. The molecule has 36 heavy (non-hydrogen) atoms. The summed E-state index contributed by atoms with van der Waals surface area (Å²) in [6.45, 7) is 6.34. The quantitative estimate of drug-likeness (QED) is 0.529. The first-order chi connectivity index (χ1) is 17.1. The first kappa shape index (κ1) is 24.1. The Morgan fingerprint density at radius 3 is 2.83 bits per heavy atom. The first-order valence-corrected chi connectivity index (χ1v) is 14.0. The van der Waals surface area contributed by atoms with Gasteiger partial charge in [0.25, 0.3) is 0 Å². The van der Waals surface area contributed by atoms with Gasteiger partial charge in [0.2, 0.25) is 0 Å². The highest BCUT2D eigenvalue weighted by Crippen LogP contribution is 2.67. The second-order valence-corrected chi connectivity index (χ2v) is 12.9. The van der Waals surface area contributed by atoms with Crippen LogP contribution in [0.2, 0.25) is 0 Å². The van der Waals surface area contributed by atoms with Crippen LogP contribution in [0.25, 0.3) is 11.0 Å². The maximum Gasteiger partial charge on any atom is 0.178 e. The summed E-state index contributed by atoms with van der Waals surface area (Å²) in [6, 6.07) is 7.75. The van der Waals surface area contributed by atoms with Crippen molar-refractivity contribution in [2.75, 3.05) is 5.75 Å². The van der Waals surface area contributed by atoms with Crippen LogP contribution in [0.5, 0.6) is 0 Å². The smallest absolute Gasteiger partial charge is 0.178 e. The highest BCUT2D eigenvalue weighted by Gasteiger charge is 2.68. The molecule has 3 N–H and O–H groups in total. The van der Waals surface area contributed by atoms with E-state index in [2.05, 4.69) is 23.8 Å². The van der Waals surface area contributed by atoms with E-state index in [-0.39, 0.29) is 46.4 Å². The number of carbonyl (C=O) groups is 2. The number of nitrogens with zero attached hydrogens (tertiary/aromatic N) is 1. The number of aliphatic hydroxyl groups excluding tert-OH is 1. The van der Waals surface area contributed by atoms with Crippen molar-refractivity contribution < 1.29 is 19.8 Å². The van der Waals surface area contributed by atoms with Crippen LogP contribution in [0.1, 0.15) is 46.5 Å². The van der Waals surface area contributed by atoms with Crippen molar-refractivity contribution in [2.24, 2.45) is 34.5 Å². The summed E-state index contributed by atoms with van der Waals surface area (Å²) in [5, 5.41) is 24.2. The van der Waals surface area contributed by atoms with Gasteiger partial charge in [-0.15, -0.1) is 0 Å².